The second-order valence-corrected chi connectivity index (χ2v) is 10.7. The van der Waals surface area contributed by atoms with E-state index in [9.17, 15) is 17.2 Å². The molecule has 3 aromatic rings. The van der Waals surface area contributed by atoms with Crippen LogP contribution in [0.3, 0.4) is 0 Å². The normalized spacial score (nSPS) is 12.0. The first-order valence-electron chi connectivity index (χ1n) is 10.3. The van der Waals surface area contributed by atoms with Gasteiger partial charge in [0, 0.05) is 18.0 Å². The molecular weight excluding hydrogens is 525 g/mol. The summed E-state index contributed by atoms with van der Waals surface area (Å²) in [5.74, 6) is -3.68. The Bertz CT molecular complexity index is 1280. The van der Waals surface area contributed by atoms with Crippen molar-refractivity contribution in [2.24, 2.45) is 5.73 Å². The van der Waals surface area contributed by atoms with Crippen LogP contribution in [-0.2, 0) is 16.6 Å². The molecule has 3 N–H and O–H groups in total. The van der Waals surface area contributed by atoms with Gasteiger partial charge in [-0.25, -0.2) is 30.9 Å². The third-order valence-corrected chi connectivity index (χ3v) is 8.11. The number of sulfonamides is 1. The number of rotatable bonds is 11. The fraction of sp³-hybridized carbons (Fsp3) is 0.318. The van der Waals surface area contributed by atoms with Crippen molar-refractivity contribution in [1.82, 2.24) is 4.98 Å². The van der Waals surface area contributed by atoms with Gasteiger partial charge in [-0.1, -0.05) is 17.7 Å². The first-order valence-corrected chi connectivity index (χ1v) is 13.0. The molecule has 7 nitrogen and oxygen atoms in total. The van der Waals surface area contributed by atoms with Crippen LogP contribution in [0.5, 0.6) is 5.75 Å². The number of nitrogens with one attached hydrogen (secondary N) is 1. The predicted molar refractivity (Wildman–Crippen MR) is 132 cm³/mol. The second-order valence-electron chi connectivity index (χ2n) is 7.63. The lowest BCUT2D eigenvalue weighted by Crippen LogP contribution is -2.32. The average Bonchev–Trinajstić information content (AvgIpc) is 3.32. The third-order valence-electron chi connectivity index (χ3n) is 5.13. The SMILES string of the molecule is COc1ccc(CN(c2nccs2)S(=O)(=O)c2cc(Cl)c(NCC(F)(F)CCN)cc2F)c(C)c1. The fourth-order valence-corrected chi connectivity index (χ4v) is 5.86. The number of aromatic nitrogens is 1. The van der Waals surface area contributed by atoms with Crippen LogP contribution < -0.4 is 20.1 Å². The molecule has 0 radical (unpaired) electrons. The number of methoxy groups -OCH3 is 1. The summed E-state index contributed by atoms with van der Waals surface area (Å²) in [6, 6.07) is 6.83. The Labute approximate surface area is 210 Å². The van der Waals surface area contributed by atoms with Gasteiger partial charge < -0.3 is 15.8 Å². The molecule has 0 amide bonds. The molecule has 0 aliphatic carbocycles. The summed E-state index contributed by atoms with van der Waals surface area (Å²) in [7, 11) is -2.96. The standard InChI is InChI=1S/C22H24ClF3N4O3S2/c1-14-9-16(33-2)4-3-15(14)12-30(21-28-7-8-34-21)35(31,32)20-10-17(23)19(11-18(20)24)29-13-22(25,26)5-6-27/h3-4,7-11,29H,5-6,12-13,27H2,1-2H3. The highest BCUT2D eigenvalue weighted by Crippen LogP contribution is 2.34. The molecule has 0 saturated heterocycles. The average molecular weight is 549 g/mol. The number of hydrogen-bond donors (Lipinski definition) is 2. The number of hydrogen-bond acceptors (Lipinski definition) is 7. The van der Waals surface area contributed by atoms with Crippen LogP contribution in [-0.4, -0.2) is 39.5 Å². The molecule has 1 heterocycles. The molecule has 190 valence electrons. The molecule has 0 aliphatic rings. The van der Waals surface area contributed by atoms with Crippen LogP contribution in [0.15, 0.2) is 46.8 Å². The van der Waals surface area contributed by atoms with Crippen LogP contribution in [0, 0.1) is 12.7 Å². The Morgan fingerprint density at radius 2 is 2.03 bits per heavy atom. The van der Waals surface area contributed by atoms with Crippen molar-refractivity contribution in [2.45, 2.75) is 30.7 Å². The van der Waals surface area contributed by atoms with Gasteiger partial charge in [0.15, 0.2) is 5.13 Å². The molecule has 0 bridgehead atoms. The molecule has 0 fully saturated rings. The maximum Gasteiger partial charge on any atom is 0.269 e. The Morgan fingerprint density at radius 3 is 2.63 bits per heavy atom. The van der Waals surface area contributed by atoms with Gasteiger partial charge in [-0.3, -0.25) is 0 Å². The molecule has 0 unspecified atom stereocenters. The monoisotopic (exact) mass is 548 g/mol. The Kier molecular flexibility index (Phi) is 8.52. The summed E-state index contributed by atoms with van der Waals surface area (Å²) in [5.41, 5.74) is 6.43. The molecule has 13 heteroatoms. The highest BCUT2D eigenvalue weighted by atomic mass is 35.5. The maximum atomic E-state index is 15.1. The molecular formula is C22H24ClF3N4O3S2. The Morgan fingerprint density at radius 1 is 1.29 bits per heavy atom. The number of halogens is 4. The van der Waals surface area contributed by atoms with E-state index < -0.39 is 39.6 Å². The maximum absolute atomic E-state index is 15.1. The summed E-state index contributed by atoms with van der Waals surface area (Å²) in [6.07, 6.45) is 0.862. The van der Waals surface area contributed by atoms with Crippen LogP contribution in [0.25, 0.3) is 0 Å². The van der Waals surface area contributed by atoms with Crippen LogP contribution >= 0.6 is 22.9 Å². The fourth-order valence-electron chi connectivity index (χ4n) is 3.23. The van der Waals surface area contributed by atoms with Gasteiger partial charge in [0.05, 0.1) is 30.9 Å². The Hall–Kier alpha value is -2.54. The van der Waals surface area contributed by atoms with E-state index in [0.717, 1.165) is 33.3 Å². The molecule has 0 atom stereocenters. The zero-order valence-electron chi connectivity index (χ0n) is 18.9. The zero-order chi connectivity index (χ0) is 25.8. The van der Waals surface area contributed by atoms with Gasteiger partial charge in [-0.15, -0.1) is 11.3 Å². The number of anilines is 2. The minimum Gasteiger partial charge on any atom is -0.497 e. The van der Waals surface area contributed by atoms with Gasteiger partial charge in [0.1, 0.15) is 16.5 Å². The van der Waals surface area contributed by atoms with Crippen LogP contribution in [0.1, 0.15) is 17.5 Å². The van der Waals surface area contributed by atoms with E-state index in [1.807, 2.05) is 0 Å². The van der Waals surface area contributed by atoms with E-state index in [2.05, 4.69) is 10.3 Å². The van der Waals surface area contributed by atoms with Crippen molar-refractivity contribution >= 4 is 43.8 Å². The lowest BCUT2D eigenvalue weighted by atomic mass is 10.1. The topological polar surface area (TPSA) is 97.5 Å². The highest BCUT2D eigenvalue weighted by molar-refractivity contribution is 7.93. The molecule has 0 aliphatic heterocycles. The van der Waals surface area contributed by atoms with Gasteiger partial charge in [-0.2, -0.15) is 0 Å². The van der Waals surface area contributed by atoms with Crippen molar-refractivity contribution in [3.8, 4) is 5.75 Å². The van der Waals surface area contributed by atoms with Crippen LogP contribution in [0.2, 0.25) is 5.02 Å². The highest BCUT2D eigenvalue weighted by Gasteiger charge is 2.32. The lowest BCUT2D eigenvalue weighted by Gasteiger charge is -2.24. The Balaban J connectivity index is 1.97. The molecule has 1 aromatic heterocycles. The van der Waals surface area contributed by atoms with E-state index in [-0.39, 0.29) is 28.9 Å². The summed E-state index contributed by atoms with van der Waals surface area (Å²) in [5, 5.41) is 3.85. The van der Waals surface area contributed by atoms with E-state index in [0.29, 0.717) is 11.3 Å². The summed E-state index contributed by atoms with van der Waals surface area (Å²) in [6.45, 7) is 0.600. The molecule has 0 spiro atoms. The minimum atomic E-state index is -4.48. The molecule has 35 heavy (non-hydrogen) atoms. The van der Waals surface area contributed by atoms with E-state index in [1.165, 1.54) is 13.3 Å². The van der Waals surface area contributed by atoms with Gasteiger partial charge in [0.25, 0.3) is 15.9 Å². The number of nitrogens with two attached hydrogens (primary N) is 1. The first kappa shape index (κ1) is 27.1. The number of thiazole rings is 1. The summed E-state index contributed by atoms with van der Waals surface area (Å²) < 4.78 is 75.9. The number of aryl methyl sites for hydroxylation is 1. The van der Waals surface area contributed by atoms with Crippen molar-refractivity contribution in [1.29, 1.82) is 0 Å². The van der Waals surface area contributed by atoms with E-state index in [1.54, 1.807) is 30.5 Å². The summed E-state index contributed by atoms with van der Waals surface area (Å²) in [4.78, 5) is 3.39. The quantitative estimate of drug-likeness (QED) is 0.348. The van der Waals surface area contributed by atoms with Gasteiger partial charge in [0.2, 0.25) is 0 Å². The lowest BCUT2D eigenvalue weighted by molar-refractivity contribution is 0.00915. The minimum absolute atomic E-state index is 0.124. The number of ether oxygens (including phenoxy) is 1. The van der Waals surface area contributed by atoms with Gasteiger partial charge >= 0.3 is 0 Å². The first-order chi connectivity index (χ1) is 16.5. The molecule has 0 saturated carbocycles. The van der Waals surface area contributed by atoms with Crippen molar-refractivity contribution in [3.63, 3.8) is 0 Å². The van der Waals surface area contributed by atoms with E-state index in [4.69, 9.17) is 22.1 Å². The zero-order valence-corrected chi connectivity index (χ0v) is 21.3. The second kappa shape index (κ2) is 11.0. The van der Waals surface area contributed by atoms with Crippen molar-refractivity contribution < 1.29 is 26.3 Å². The molecule has 2 aromatic carbocycles. The summed E-state index contributed by atoms with van der Waals surface area (Å²) >= 11 is 7.22. The number of alkyl halides is 2. The van der Waals surface area contributed by atoms with Crippen molar-refractivity contribution in [2.75, 3.05) is 29.8 Å². The third kappa shape index (κ3) is 6.37. The van der Waals surface area contributed by atoms with Crippen molar-refractivity contribution in [3.05, 3.63) is 63.9 Å². The molecule has 3 rings (SSSR count). The number of nitrogens with zero attached hydrogens (tertiary/aromatic N) is 2. The number of benzene rings is 2. The smallest absolute Gasteiger partial charge is 0.269 e. The van der Waals surface area contributed by atoms with Gasteiger partial charge in [-0.05, 0) is 48.9 Å². The van der Waals surface area contributed by atoms with E-state index >= 15 is 4.39 Å². The predicted octanol–water partition coefficient (Wildman–Crippen LogP) is 5.04. The van der Waals surface area contributed by atoms with Crippen LogP contribution in [0.4, 0.5) is 24.0 Å². The largest absolute Gasteiger partial charge is 0.497 e.